The van der Waals surface area contributed by atoms with E-state index in [1.165, 1.54) is 11.4 Å². The molecular weight excluding hydrogens is 389 g/mol. The molecule has 0 saturated heterocycles. The summed E-state index contributed by atoms with van der Waals surface area (Å²) < 4.78 is 38.6. The van der Waals surface area contributed by atoms with Gasteiger partial charge in [0.15, 0.2) is 0 Å². The van der Waals surface area contributed by atoms with Crippen molar-refractivity contribution in [3.63, 3.8) is 0 Å². The highest BCUT2D eigenvalue weighted by molar-refractivity contribution is 7.87. The molecule has 10 heteroatoms. The van der Waals surface area contributed by atoms with E-state index in [0.717, 1.165) is 5.56 Å². The fourth-order valence-corrected chi connectivity index (χ4v) is 3.51. The maximum absolute atomic E-state index is 12.2. The summed E-state index contributed by atoms with van der Waals surface area (Å²) in [5.74, 6) is 0. The molecule has 25 heavy (non-hydrogen) atoms. The standard InChI is InChI=1S/C15H25Cl2N3O4S/c1-12-9-13(16)10-15(17)14(12)11-20(2)25(21,22)19-4-6-24-8-7-23-5-3-18/h9-10,19H,3-8,11,18H2,1-2H3. The Bertz CT molecular complexity index is 621. The van der Waals surface area contributed by atoms with Crippen molar-refractivity contribution in [1.82, 2.24) is 9.03 Å². The molecule has 0 heterocycles. The van der Waals surface area contributed by atoms with E-state index in [4.69, 9.17) is 38.4 Å². The lowest BCUT2D eigenvalue weighted by molar-refractivity contribution is 0.0530. The fraction of sp³-hybridized carbons (Fsp3) is 0.600. The third-order valence-electron chi connectivity index (χ3n) is 3.34. The van der Waals surface area contributed by atoms with Gasteiger partial charge < -0.3 is 15.2 Å². The van der Waals surface area contributed by atoms with Gasteiger partial charge in [-0.25, -0.2) is 0 Å². The summed E-state index contributed by atoms with van der Waals surface area (Å²) in [5, 5.41) is 0.954. The molecular formula is C15H25Cl2N3O4S. The molecule has 144 valence electrons. The zero-order valence-electron chi connectivity index (χ0n) is 14.4. The molecule has 0 unspecified atom stereocenters. The van der Waals surface area contributed by atoms with Gasteiger partial charge in [0.05, 0.1) is 26.4 Å². The number of hydrogen-bond acceptors (Lipinski definition) is 5. The van der Waals surface area contributed by atoms with Crippen molar-refractivity contribution in [2.75, 3.05) is 46.6 Å². The lowest BCUT2D eigenvalue weighted by Gasteiger charge is -2.20. The Morgan fingerprint density at radius 2 is 1.80 bits per heavy atom. The van der Waals surface area contributed by atoms with Gasteiger partial charge in [0.25, 0.3) is 10.2 Å². The van der Waals surface area contributed by atoms with E-state index >= 15 is 0 Å². The van der Waals surface area contributed by atoms with Crippen LogP contribution in [0.25, 0.3) is 0 Å². The summed E-state index contributed by atoms with van der Waals surface area (Å²) in [6, 6.07) is 3.34. The highest BCUT2D eigenvalue weighted by Gasteiger charge is 2.19. The highest BCUT2D eigenvalue weighted by Crippen LogP contribution is 2.26. The van der Waals surface area contributed by atoms with Crippen molar-refractivity contribution < 1.29 is 17.9 Å². The van der Waals surface area contributed by atoms with Gasteiger partial charge in [-0.15, -0.1) is 0 Å². The van der Waals surface area contributed by atoms with Crippen LogP contribution in [0.15, 0.2) is 12.1 Å². The second kappa shape index (κ2) is 11.3. The first-order chi connectivity index (χ1) is 11.8. The normalized spacial score (nSPS) is 12.1. The van der Waals surface area contributed by atoms with Crippen LogP contribution in [0.3, 0.4) is 0 Å². The van der Waals surface area contributed by atoms with Crippen LogP contribution in [-0.4, -0.2) is 59.3 Å². The van der Waals surface area contributed by atoms with Crippen molar-refractivity contribution in [3.8, 4) is 0 Å². The predicted octanol–water partition coefficient (Wildman–Crippen LogP) is 1.56. The number of benzene rings is 1. The number of nitrogens with one attached hydrogen (secondary N) is 1. The van der Waals surface area contributed by atoms with Crippen LogP contribution in [0, 0.1) is 6.92 Å². The van der Waals surface area contributed by atoms with Crippen LogP contribution in [0.2, 0.25) is 10.0 Å². The molecule has 0 spiro atoms. The Balaban J connectivity index is 2.43. The first kappa shape index (κ1) is 22.6. The summed E-state index contributed by atoms with van der Waals surface area (Å²) in [6.45, 7) is 4.15. The van der Waals surface area contributed by atoms with Gasteiger partial charge >= 0.3 is 0 Å². The smallest absolute Gasteiger partial charge is 0.279 e. The average molecular weight is 414 g/mol. The number of rotatable bonds is 12. The Labute approximate surface area is 159 Å². The lowest BCUT2D eigenvalue weighted by atomic mass is 10.1. The lowest BCUT2D eigenvalue weighted by Crippen LogP contribution is -2.39. The Morgan fingerprint density at radius 1 is 1.16 bits per heavy atom. The molecule has 0 aromatic heterocycles. The number of hydrogen-bond donors (Lipinski definition) is 2. The molecule has 0 saturated carbocycles. The second-order valence-electron chi connectivity index (χ2n) is 5.35. The fourth-order valence-electron chi connectivity index (χ4n) is 2.00. The predicted molar refractivity (Wildman–Crippen MR) is 100 cm³/mol. The van der Waals surface area contributed by atoms with Crippen molar-refractivity contribution in [2.45, 2.75) is 13.5 Å². The van der Waals surface area contributed by atoms with E-state index in [1.54, 1.807) is 12.1 Å². The summed E-state index contributed by atoms with van der Waals surface area (Å²) in [7, 11) is -2.16. The van der Waals surface area contributed by atoms with Crippen molar-refractivity contribution in [3.05, 3.63) is 33.3 Å². The molecule has 0 atom stereocenters. The van der Waals surface area contributed by atoms with E-state index in [1.807, 2.05) is 6.92 Å². The summed E-state index contributed by atoms with van der Waals surface area (Å²) in [6.07, 6.45) is 0. The molecule has 0 aliphatic heterocycles. The van der Waals surface area contributed by atoms with E-state index in [0.29, 0.717) is 42.0 Å². The van der Waals surface area contributed by atoms with Crippen LogP contribution in [0.5, 0.6) is 0 Å². The van der Waals surface area contributed by atoms with Crippen LogP contribution >= 0.6 is 23.2 Å². The number of nitrogens with zero attached hydrogens (tertiary/aromatic N) is 1. The van der Waals surface area contributed by atoms with Crippen LogP contribution < -0.4 is 10.5 Å². The van der Waals surface area contributed by atoms with Gasteiger partial charge in [-0.3, -0.25) is 0 Å². The number of nitrogens with two attached hydrogens (primary N) is 1. The zero-order valence-corrected chi connectivity index (χ0v) is 16.8. The first-order valence-corrected chi connectivity index (χ1v) is 9.98. The molecule has 0 amide bonds. The molecule has 3 N–H and O–H groups in total. The van der Waals surface area contributed by atoms with Gasteiger partial charge in [-0.1, -0.05) is 23.2 Å². The molecule has 1 aromatic carbocycles. The quantitative estimate of drug-likeness (QED) is 0.507. The first-order valence-electron chi connectivity index (χ1n) is 7.79. The van der Waals surface area contributed by atoms with E-state index in [9.17, 15) is 8.42 Å². The van der Waals surface area contributed by atoms with E-state index in [2.05, 4.69) is 4.72 Å². The second-order valence-corrected chi connectivity index (χ2v) is 8.06. The molecule has 0 fully saturated rings. The molecule has 0 aliphatic carbocycles. The molecule has 7 nitrogen and oxygen atoms in total. The summed E-state index contributed by atoms with van der Waals surface area (Å²) in [4.78, 5) is 0. The monoisotopic (exact) mass is 413 g/mol. The van der Waals surface area contributed by atoms with Gasteiger partial charge in [0, 0.05) is 36.7 Å². The summed E-state index contributed by atoms with van der Waals surface area (Å²) in [5.41, 5.74) is 6.84. The molecule has 1 rings (SSSR count). The van der Waals surface area contributed by atoms with Gasteiger partial charge in [-0.05, 0) is 30.2 Å². The minimum atomic E-state index is -3.64. The third-order valence-corrected chi connectivity index (χ3v) is 5.41. The SMILES string of the molecule is Cc1cc(Cl)cc(Cl)c1CN(C)S(=O)(=O)NCCOCCOCCN. The average Bonchev–Trinajstić information content (AvgIpc) is 2.53. The van der Waals surface area contributed by atoms with E-state index < -0.39 is 10.2 Å². The summed E-state index contributed by atoms with van der Waals surface area (Å²) >= 11 is 12.1. The number of aryl methyl sites for hydroxylation is 1. The van der Waals surface area contributed by atoms with Crippen molar-refractivity contribution in [1.29, 1.82) is 0 Å². The minimum Gasteiger partial charge on any atom is -0.378 e. The van der Waals surface area contributed by atoms with Crippen LogP contribution in [0.1, 0.15) is 11.1 Å². The number of ether oxygens (including phenoxy) is 2. The van der Waals surface area contributed by atoms with Crippen LogP contribution in [-0.2, 0) is 26.2 Å². The molecule has 1 aromatic rings. The largest absolute Gasteiger partial charge is 0.378 e. The highest BCUT2D eigenvalue weighted by atomic mass is 35.5. The molecule has 0 aliphatic rings. The minimum absolute atomic E-state index is 0.144. The molecule has 0 radical (unpaired) electrons. The van der Waals surface area contributed by atoms with E-state index in [-0.39, 0.29) is 19.7 Å². The third kappa shape index (κ3) is 8.19. The number of halogens is 2. The van der Waals surface area contributed by atoms with Crippen LogP contribution in [0.4, 0.5) is 0 Å². The maximum atomic E-state index is 12.2. The van der Waals surface area contributed by atoms with Gasteiger partial charge in [0.2, 0.25) is 0 Å². The van der Waals surface area contributed by atoms with Crippen molar-refractivity contribution >= 4 is 33.4 Å². The van der Waals surface area contributed by atoms with Gasteiger partial charge in [-0.2, -0.15) is 17.4 Å². The molecule has 0 bridgehead atoms. The topological polar surface area (TPSA) is 93.9 Å². The zero-order chi connectivity index (χ0) is 18.9. The maximum Gasteiger partial charge on any atom is 0.279 e. The Hall–Kier alpha value is -0.450. The van der Waals surface area contributed by atoms with Crippen molar-refractivity contribution in [2.24, 2.45) is 5.73 Å². The Morgan fingerprint density at radius 3 is 2.40 bits per heavy atom. The van der Waals surface area contributed by atoms with Gasteiger partial charge in [0.1, 0.15) is 0 Å². The Kier molecular flexibility index (Phi) is 10.2.